The van der Waals surface area contributed by atoms with E-state index in [-0.39, 0.29) is 34.6 Å². The molecule has 0 aromatic carbocycles. The SMILES string of the molecule is CCS(=O)(=O)c1cnc(CNc2nc3cnc(-c4c(C)ncnc4C4CC4)nc3n(C3CCC3)c2=O)nc1. The van der Waals surface area contributed by atoms with Crippen LogP contribution in [0.1, 0.15) is 68.2 Å². The first-order valence-corrected chi connectivity index (χ1v) is 14.4. The van der Waals surface area contributed by atoms with Crippen LogP contribution in [0.2, 0.25) is 0 Å². The second kappa shape index (κ2) is 9.46. The number of hydrogen-bond donors (Lipinski definition) is 1. The highest BCUT2D eigenvalue weighted by molar-refractivity contribution is 7.91. The summed E-state index contributed by atoms with van der Waals surface area (Å²) >= 11 is 0. The van der Waals surface area contributed by atoms with Gasteiger partial charge >= 0.3 is 0 Å². The summed E-state index contributed by atoms with van der Waals surface area (Å²) < 4.78 is 25.7. The molecule has 38 heavy (non-hydrogen) atoms. The molecular formula is C25H27N9O3S. The Morgan fingerprint density at radius 2 is 1.76 bits per heavy atom. The third-order valence-electron chi connectivity index (χ3n) is 7.16. The molecule has 4 heterocycles. The van der Waals surface area contributed by atoms with Crippen LogP contribution in [0.5, 0.6) is 0 Å². The Morgan fingerprint density at radius 1 is 1.00 bits per heavy atom. The highest BCUT2D eigenvalue weighted by Gasteiger charge is 2.31. The van der Waals surface area contributed by atoms with Gasteiger partial charge in [0.1, 0.15) is 22.6 Å². The van der Waals surface area contributed by atoms with E-state index >= 15 is 0 Å². The lowest BCUT2D eigenvalue weighted by Gasteiger charge is -2.28. The summed E-state index contributed by atoms with van der Waals surface area (Å²) in [5, 5.41) is 3.03. The van der Waals surface area contributed by atoms with E-state index in [0.29, 0.717) is 28.7 Å². The van der Waals surface area contributed by atoms with Crippen molar-refractivity contribution in [2.75, 3.05) is 11.1 Å². The number of sulfone groups is 1. The van der Waals surface area contributed by atoms with Crippen molar-refractivity contribution < 1.29 is 8.42 Å². The van der Waals surface area contributed by atoms with Crippen molar-refractivity contribution in [3.8, 4) is 11.4 Å². The number of fused-ring (bicyclic) bond motifs is 1. The summed E-state index contributed by atoms with van der Waals surface area (Å²) in [6.45, 7) is 3.60. The predicted molar refractivity (Wildman–Crippen MR) is 139 cm³/mol. The summed E-state index contributed by atoms with van der Waals surface area (Å²) in [4.78, 5) is 44.8. The number of nitrogens with zero attached hydrogens (tertiary/aromatic N) is 8. The minimum Gasteiger partial charge on any atom is -0.358 e. The fourth-order valence-corrected chi connectivity index (χ4v) is 5.34. The maximum Gasteiger partial charge on any atom is 0.295 e. The van der Waals surface area contributed by atoms with Gasteiger partial charge in [0.2, 0.25) is 0 Å². The van der Waals surface area contributed by atoms with Gasteiger partial charge in [0.05, 0.1) is 35.4 Å². The molecule has 13 heteroatoms. The third kappa shape index (κ3) is 4.40. The van der Waals surface area contributed by atoms with E-state index in [1.165, 1.54) is 12.4 Å². The lowest BCUT2D eigenvalue weighted by molar-refractivity contribution is 0.313. The van der Waals surface area contributed by atoms with E-state index in [1.54, 1.807) is 24.0 Å². The molecule has 4 aromatic rings. The Hall–Kier alpha value is -3.87. The second-order valence-corrected chi connectivity index (χ2v) is 12.0. The van der Waals surface area contributed by atoms with Gasteiger partial charge in [-0.1, -0.05) is 6.92 Å². The first-order valence-electron chi connectivity index (χ1n) is 12.7. The Balaban J connectivity index is 1.37. The quantitative estimate of drug-likeness (QED) is 0.355. The Morgan fingerprint density at radius 3 is 2.42 bits per heavy atom. The number of anilines is 1. The van der Waals surface area contributed by atoms with Gasteiger partial charge in [-0.15, -0.1) is 0 Å². The summed E-state index contributed by atoms with van der Waals surface area (Å²) in [7, 11) is -3.39. The molecule has 2 fully saturated rings. The molecule has 0 spiro atoms. The van der Waals surface area contributed by atoms with Crippen molar-refractivity contribution in [2.45, 2.75) is 69.4 Å². The highest BCUT2D eigenvalue weighted by Crippen LogP contribution is 2.43. The van der Waals surface area contributed by atoms with Crippen LogP contribution in [0.3, 0.4) is 0 Å². The van der Waals surface area contributed by atoms with E-state index in [0.717, 1.165) is 49.1 Å². The van der Waals surface area contributed by atoms with Gasteiger partial charge in [-0.2, -0.15) is 0 Å². The molecule has 2 aliphatic carbocycles. The van der Waals surface area contributed by atoms with Crippen molar-refractivity contribution in [2.24, 2.45) is 0 Å². The number of aromatic nitrogens is 8. The molecule has 0 bridgehead atoms. The minimum atomic E-state index is -3.39. The van der Waals surface area contributed by atoms with Crippen LogP contribution in [0.4, 0.5) is 5.82 Å². The normalized spacial score (nSPS) is 15.9. The molecule has 0 aliphatic heterocycles. The second-order valence-electron chi connectivity index (χ2n) is 9.71. The highest BCUT2D eigenvalue weighted by atomic mass is 32.2. The number of hydrogen-bond acceptors (Lipinski definition) is 11. The summed E-state index contributed by atoms with van der Waals surface area (Å²) in [5.74, 6) is 1.35. The number of aryl methyl sites for hydroxylation is 1. The number of rotatable bonds is 8. The lowest BCUT2D eigenvalue weighted by atomic mass is 9.93. The molecule has 2 aliphatic rings. The molecule has 196 valence electrons. The zero-order valence-electron chi connectivity index (χ0n) is 21.1. The molecular weight excluding hydrogens is 506 g/mol. The van der Waals surface area contributed by atoms with Gasteiger partial charge in [0.25, 0.3) is 5.56 Å². The van der Waals surface area contributed by atoms with E-state index in [4.69, 9.17) is 4.98 Å². The molecule has 6 rings (SSSR count). The van der Waals surface area contributed by atoms with Crippen LogP contribution in [-0.2, 0) is 16.4 Å². The average Bonchev–Trinajstić information content (AvgIpc) is 3.74. The largest absolute Gasteiger partial charge is 0.358 e. The smallest absolute Gasteiger partial charge is 0.295 e. The zero-order chi connectivity index (χ0) is 26.4. The molecule has 0 unspecified atom stereocenters. The van der Waals surface area contributed by atoms with E-state index < -0.39 is 9.84 Å². The average molecular weight is 534 g/mol. The van der Waals surface area contributed by atoms with E-state index in [9.17, 15) is 13.2 Å². The Labute approximate surface area is 219 Å². The predicted octanol–water partition coefficient (Wildman–Crippen LogP) is 2.75. The fourth-order valence-electron chi connectivity index (χ4n) is 4.58. The van der Waals surface area contributed by atoms with E-state index in [1.807, 2.05) is 6.92 Å². The maximum atomic E-state index is 13.6. The van der Waals surface area contributed by atoms with Crippen LogP contribution >= 0.6 is 0 Å². The van der Waals surface area contributed by atoms with Gasteiger partial charge < -0.3 is 5.32 Å². The van der Waals surface area contributed by atoms with Crippen molar-refractivity contribution in [3.05, 3.63) is 52.5 Å². The van der Waals surface area contributed by atoms with Gasteiger partial charge in [0, 0.05) is 24.4 Å². The van der Waals surface area contributed by atoms with Gasteiger partial charge in [-0.25, -0.2) is 43.3 Å². The maximum absolute atomic E-state index is 13.6. The third-order valence-corrected chi connectivity index (χ3v) is 8.85. The summed E-state index contributed by atoms with van der Waals surface area (Å²) in [6.07, 6.45) is 10.8. The van der Waals surface area contributed by atoms with Gasteiger partial charge in [-0.3, -0.25) is 9.36 Å². The standard InChI is InChI=1S/C25H27N9O3S/c1-3-38(36,37)17-9-26-19(27-10-17)12-29-23-25(35)34(16-5-4-6-16)24-18(32-23)11-28-22(33-24)20-14(2)30-13-31-21(20)15-7-8-15/h9-11,13,15-16H,3-8,12H2,1-2H3,(H,29,32). The zero-order valence-corrected chi connectivity index (χ0v) is 21.9. The van der Waals surface area contributed by atoms with Crippen LogP contribution in [-0.4, -0.2) is 53.6 Å². The Bertz CT molecular complexity index is 1700. The summed E-state index contributed by atoms with van der Waals surface area (Å²) in [5.41, 5.74) is 3.31. The van der Waals surface area contributed by atoms with E-state index in [2.05, 4.69) is 35.2 Å². The lowest BCUT2D eigenvalue weighted by Crippen LogP contribution is -2.32. The van der Waals surface area contributed by atoms with Crippen LogP contribution in [0, 0.1) is 6.92 Å². The monoisotopic (exact) mass is 533 g/mol. The molecule has 0 saturated heterocycles. The van der Waals surface area contributed by atoms with Crippen molar-refractivity contribution in [1.29, 1.82) is 0 Å². The molecule has 1 N–H and O–H groups in total. The molecule has 0 amide bonds. The van der Waals surface area contributed by atoms with Crippen molar-refractivity contribution >= 4 is 26.8 Å². The van der Waals surface area contributed by atoms with Crippen LogP contribution < -0.4 is 10.9 Å². The molecule has 0 radical (unpaired) electrons. The van der Waals surface area contributed by atoms with Crippen molar-refractivity contribution in [3.63, 3.8) is 0 Å². The first-order chi connectivity index (χ1) is 18.4. The Kier molecular flexibility index (Phi) is 6.09. The number of nitrogens with one attached hydrogen (secondary N) is 1. The van der Waals surface area contributed by atoms with Crippen LogP contribution in [0.25, 0.3) is 22.6 Å². The van der Waals surface area contributed by atoms with Crippen molar-refractivity contribution in [1.82, 2.24) is 39.5 Å². The molecule has 2 saturated carbocycles. The fraction of sp³-hybridized carbons (Fsp3) is 0.440. The first kappa shape index (κ1) is 24.5. The van der Waals surface area contributed by atoms with Gasteiger partial charge in [0.15, 0.2) is 27.1 Å². The molecule has 12 nitrogen and oxygen atoms in total. The topological polar surface area (TPSA) is 158 Å². The van der Waals surface area contributed by atoms with Crippen LogP contribution in [0.15, 0.2) is 34.6 Å². The molecule has 0 atom stereocenters. The van der Waals surface area contributed by atoms with Gasteiger partial charge in [-0.05, 0) is 39.0 Å². The minimum absolute atomic E-state index is 0.0295. The molecule has 4 aromatic heterocycles. The summed E-state index contributed by atoms with van der Waals surface area (Å²) in [6, 6.07) is 0.0297.